The number of para-hydroxylation sites is 1. The van der Waals surface area contributed by atoms with E-state index in [1.807, 2.05) is 66.7 Å². The van der Waals surface area contributed by atoms with E-state index < -0.39 is 0 Å². The van der Waals surface area contributed by atoms with Crippen LogP contribution in [0.3, 0.4) is 0 Å². The number of nitriles is 1. The summed E-state index contributed by atoms with van der Waals surface area (Å²) >= 11 is 6.21. The summed E-state index contributed by atoms with van der Waals surface area (Å²) < 4.78 is 6.42. The van der Waals surface area contributed by atoms with Crippen molar-refractivity contribution in [2.24, 2.45) is 0 Å². The van der Waals surface area contributed by atoms with Crippen LogP contribution in [-0.2, 0) is 0 Å². The van der Waals surface area contributed by atoms with Crippen molar-refractivity contribution in [1.82, 2.24) is 4.98 Å². The molecule has 0 saturated carbocycles. The largest absolute Gasteiger partial charge is 0.550 e. The number of aromatic nitrogens is 1. The van der Waals surface area contributed by atoms with Gasteiger partial charge < -0.3 is 4.65 Å². The molecule has 3 aromatic carbocycles. The maximum absolute atomic E-state index is 9.07. The van der Waals surface area contributed by atoms with Gasteiger partial charge in [-0.05, 0) is 47.3 Å². The van der Waals surface area contributed by atoms with Crippen molar-refractivity contribution in [3.8, 4) is 11.8 Å². The molecule has 4 aromatic rings. The minimum atomic E-state index is -0.371. The molecule has 5 heteroatoms. The second-order valence-electron chi connectivity index (χ2n) is 6.12. The summed E-state index contributed by atoms with van der Waals surface area (Å²) in [6.07, 6.45) is 1.76. The zero-order chi connectivity index (χ0) is 18.6. The van der Waals surface area contributed by atoms with Gasteiger partial charge in [0.1, 0.15) is 11.3 Å². The average Bonchev–Trinajstić information content (AvgIpc) is 2.72. The Balaban J connectivity index is 1.81. The highest BCUT2D eigenvalue weighted by Gasteiger charge is 2.25. The second kappa shape index (κ2) is 7.53. The van der Waals surface area contributed by atoms with Gasteiger partial charge in [0, 0.05) is 16.6 Å². The molecular formula is C22H14BClN2O. The molecule has 0 saturated heterocycles. The predicted octanol–water partition coefficient (Wildman–Crippen LogP) is 3.94. The van der Waals surface area contributed by atoms with E-state index in [9.17, 15) is 0 Å². The van der Waals surface area contributed by atoms with Crippen LogP contribution >= 0.6 is 11.6 Å². The fourth-order valence-corrected chi connectivity index (χ4v) is 3.23. The topological polar surface area (TPSA) is 45.9 Å². The van der Waals surface area contributed by atoms with Crippen molar-refractivity contribution in [2.45, 2.75) is 0 Å². The lowest BCUT2D eigenvalue weighted by molar-refractivity contribution is 0.597. The standard InChI is InChI=1S/C22H14BClN2O/c24-20-7-2-6-19(14-20)23(18-11-9-16(15-25)10-12-18)27-21-8-1-4-17-5-3-13-26-22(17)21/h1-14H. The van der Waals surface area contributed by atoms with Gasteiger partial charge in [-0.25, -0.2) is 0 Å². The van der Waals surface area contributed by atoms with Gasteiger partial charge in [-0.3, -0.25) is 4.98 Å². The normalized spacial score (nSPS) is 10.4. The first-order chi connectivity index (χ1) is 13.2. The van der Waals surface area contributed by atoms with E-state index in [0.29, 0.717) is 16.3 Å². The summed E-state index contributed by atoms with van der Waals surface area (Å²) in [6.45, 7) is -0.371. The fraction of sp³-hybridized carbons (Fsp3) is 0. The molecule has 1 aromatic heterocycles. The highest BCUT2D eigenvalue weighted by Crippen LogP contribution is 2.23. The number of hydrogen-bond donors (Lipinski definition) is 0. The van der Waals surface area contributed by atoms with Gasteiger partial charge in [0.05, 0.1) is 11.6 Å². The molecule has 0 aliphatic rings. The van der Waals surface area contributed by atoms with Crippen LogP contribution < -0.4 is 15.6 Å². The summed E-state index contributed by atoms with van der Waals surface area (Å²) in [6, 6.07) is 26.9. The molecule has 0 spiro atoms. The lowest BCUT2D eigenvalue weighted by Crippen LogP contribution is -2.47. The number of halogens is 1. The Hall–Kier alpha value is -3.29. The second-order valence-corrected chi connectivity index (χ2v) is 6.55. The average molecular weight is 369 g/mol. The third-order valence-electron chi connectivity index (χ3n) is 4.33. The molecule has 4 rings (SSSR count). The summed E-state index contributed by atoms with van der Waals surface area (Å²) in [4.78, 5) is 4.47. The minimum absolute atomic E-state index is 0.371. The number of pyridine rings is 1. The molecule has 0 bridgehead atoms. The van der Waals surface area contributed by atoms with Crippen LogP contribution in [0.1, 0.15) is 5.56 Å². The molecule has 0 atom stereocenters. The zero-order valence-corrected chi connectivity index (χ0v) is 15.1. The van der Waals surface area contributed by atoms with Crippen molar-refractivity contribution in [3.05, 3.63) is 95.6 Å². The molecule has 1 heterocycles. The first-order valence-corrected chi connectivity index (χ1v) is 8.88. The molecule has 0 aliphatic carbocycles. The van der Waals surface area contributed by atoms with Gasteiger partial charge in [-0.15, -0.1) is 0 Å². The van der Waals surface area contributed by atoms with Crippen LogP contribution in [-0.4, -0.2) is 11.9 Å². The van der Waals surface area contributed by atoms with Crippen LogP contribution in [0, 0.1) is 11.3 Å². The first-order valence-electron chi connectivity index (χ1n) is 8.50. The summed E-state index contributed by atoms with van der Waals surface area (Å²) in [5.74, 6) is 0.697. The summed E-state index contributed by atoms with van der Waals surface area (Å²) in [5.41, 5.74) is 3.28. The molecule has 0 amide bonds. The van der Waals surface area contributed by atoms with Crippen molar-refractivity contribution in [3.63, 3.8) is 0 Å². The van der Waals surface area contributed by atoms with Crippen molar-refractivity contribution < 1.29 is 4.65 Å². The van der Waals surface area contributed by atoms with Gasteiger partial charge in [-0.2, -0.15) is 5.26 Å². The Morgan fingerprint density at radius 2 is 1.67 bits per heavy atom. The lowest BCUT2D eigenvalue weighted by Gasteiger charge is -2.18. The maximum Gasteiger partial charge on any atom is 0.426 e. The smallest absolute Gasteiger partial charge is 0.426 e. The number of nitrogens with zero attached hydrogens (tertiary/aromatic N) is 2. The lowest BCUT2D eigenvalue weighted by atomic mass is 9.55. The Morgan fingerprint density at radius 1 is 0.889 bits per heavy atom. The molecular weight excluding hydrogens is 355 g/mol. The van der Waals surface area contributed by atoms with E-state index in [4.69, 9.17) is 21.5 Å². The quantitative estimate of drug-likeness (QED) is 0.513. The highest BCUT2D eigenvalue weighted by molar-refractivity contribution is 6.80. The zero-order valence-electron chi connectivity index (χ0n) is 14.3. The first kappa shape index (κ1) is 17.1. The van der Waals surface area contributed by atoms with Gasteiger partial charge in [0.15, 0.2) is 0 Å². The Bertz CT molecular complexity index is 1130. The van der Waals surface area contributed by atoms with Gasteiger partial charge >= 0.3 is 6.92 Å². The van der Waals surface area contributed by atoms with E-state index in [-0.39, 0.29) is 6.92 Å². The summed E-state index contributed by atoms with van der Waals surface area (Å²) in [5, 5.41) is 10.7. The van der Waals surface area contributed by atoms with Crippen LogP contribution in [0.5, 0.6) is 5.75 Å². The van der Waals surface area contributed by atoms with E-state index in [1.54, 1.807) is 18.3 Å². The molecule has 0 aliphatic heterocycles. The van der Waals surface area contributed by atoms with Gasteiger partial charge in [0.25, 0.3) is 0 Å². The molecule has 27 heavy (non-hydrogen) atoms. The van der Waals surface area contributed by atoms with E-state index in [2.05, 4.69) is 11.1 Å². The highest BCUT2D eigenvalue weighted by atomic mass is 35.5. The minimum Gasteiger partial charge on any atom is -0.550 e. The Morgan fingerprint density at radius 3 is 2.44 bits per heavy atom. The number of fused-ring (bicyclic) bond motifs is 1. The van der Waals surface area contributed by atoms with Crippen molar-refractivity contribution in [1.29, 1.82) is 5.26 Å². The van der Waals surface area contributed by atoms with E-state index in [1.165, 1.54) is 0 Å². The summed E-state index contributed by atoms with van der Waals surface area (Å²) in [7, 11) is 0. The third-order valence-corrected chi connectivity index (χ3v) is 4.57. The van der Waals surface area contributed by atoms with E-state index >= 15 is 0 Å². The number of rotatable bonds is 4. The monoisotopic (exact) mass is 368 g/mol. The molecule has 0 N–H and O–H groups in total. The Kier molecular flexibility index (Phi) is 4.78. The van der Waals surface area contributed by atoms with Crippen molar-refractivity contribution >= 4 is 40.3 Å². The molecule has 0 unspecified atom stereocenters. The molecule has 128 valence electrons. The van der Waals surface area contributed by atoms with Crippen LogP contribution in [0.2, 0.25) is 5.02 Å². The predicted molar refractivity (Wildman–Crippen MR) is 110 cm³/mol. The van der Waals surface area contributed by atoms with Crippen LogP contribution in [0.4, 0.5) is 0 Å². The van der Waals surface area contributed by atoms with Crippen LogP contribution in [0.15, 0.2) is 85.1 Å². The van der Waals surface area contributed by atoms with Crippen molar-refractivity contribution in [2.75, 3.05) is 0 Å². The number of hydrogen-bond acceptors (Lipinski definition) is 3. The molecule has 3 nitrogen and oxygen atoms in total. The SMILES string of the molecule is N#Cc1ccc(B(Oc2cccc3cccnc23)c2cccc(Cl)c2)cc1. The van der Waals surface area contributed by atoms with Gasteiger partial charge in [0.2, 0.25) is 0 Å². The molecule has 0 fully saturated rings. The fourth-order valence-electron chi connectivity index (χ4n) is 3.03. The maximum atomic E-state index is 9.07. The number of benzene rings is 3. The van der Waals surface area contributed by atoms with Crippen LogP contribution in [0.25, 0.3) is 10.9 Å². The third kappa shape index (κ3) is 3.64. The van der Waals surface area contributed by atoms with Gasteiger partial charge in [-0.1, -0.05) is 54.1 Å². The Labute approximate surface area is 162 Å². The van der Waals surface area contributed by atoms with E-state index in [0.717, 1.165) is 21.8 Å². The molecule has 0 radical (unpaired) electrons.